The van der Waals surface area contributed by atoms with Crippen LogP contribution in [0, 0.1) is 17.4 Å². The van der Waals surface area contributed by atoms with Crippen LogP contribution < -0.4 is 10.9 Å². The summed E-state index contributed by atoms with van der Waals surface area (Å²) >= 11 is 2.22. The minimum atomic E-state index is -0.157. The maximum Gasteiger partial charge on any atom is 0.253 e. The van der Waals surface area contributed by atoms with Gasteiger partial charge in [-0.2, -0.15) is 5.10 Å². The summed E-state index contributed by atoms with van der Waals surface area (Å²) in [5.41, 5.74) is 3.72. The average Bonchev–Trinajstić information content (AvgIpc) is 2.83. The van der Waals surface area contributed by atoms with Crippen molar-refractivity contribution in [2.24, 2.45) is 7.05 Å². The molecule has 3 aromatic rings. The van der Waals surface area contributed by atoms with Gasteiger partial charge in [-0.1, -0.05) is 0 Å². The molecule has 6 nitrogen and oxygen atoms in total. The van der Waals surface area contributed by atoms with Crippen molar-refractivity contribution in [2.75, 3.05) is 5.32 Å². The molecule has 0 saturated heterocycles. The molecule has 0 saturated carbocycles. The molecule has 0 aliphatic heterocycles. The number of amides is 1. The Bertz CT molecular complexity index is 1000. The Hall–Kier alpha value is -2.16. The van der Waals surface area contributed by atoms with Gasteiger partial charge in [0.25, 0.3) is 5.56 Å². The molecule has 7 heteroatoms. The third-order valence-corrected chi connectivity index (χ3v) is 5.01. The molecule has 0 bridgehead atoms. The van der Waals surface area contributed by atoms with Crippen molar-refractivity contribution in [1.29, 1.82) is 0 Å². The summed E-state index contributed by atoms with van der Waals surface area (Å²) in [7, 11) is 1.80. The highest BCUT2D eigenvalue weighted by atomic mass is 127. The highest BCUT2D eigenvalue weighted by Crippen LogP contribution is 2.21. The first-order chi connectivity index (χ1) is 11.9. The van der Waals surface area contributed by atoms with Crippen LogP contribution >= 0.6 is 22.6 Å². The van der Waals surface area contributed by atoms with Gasteiger partial charge < -0.3 is 10.3 Å². The average molecular weight is 450 g/mol. The number of fused-ring (bicyclic) bond motifs is 1. The van der Waals surface area contributed by atoms with Gasteiger partial charge in [-0.15, -0.1) is 0 Å². The van der Waals surface area contributed by atoms with E-state index in [-0.39, 0.29) is 17.9 Å². The second kappa shape index (κ2) is 6.99. The van der Waals surface area contributed by atoms with Gasteiger partial charge in [0, 0.05) is 33.7 Å². The first-order valence-corrected chi connectivity index (χ1v) is 9.05. The minimum absolute atomic E-state index is 0.108. The number of anilines is 1. The van der Waals surface area contributed by atoms with Crippen molar-refractivity contribution in [3.63, 3.8) is 0 Å². The normalized spacial score (nSPS) is 11.0. The second-order valence-corrected chi connectivity index (χ2v) is 7.29. The Balaban J connectivity index is 1.79. The van der Waals surface area contributed by atoms with Crippen molar-refractivity contribution >= 4 is 45.2 Å². The van der Waals surface area contributed by atoms with E-state index in [1.54, 1.807) is 11.7 Å². The fraction of sp³-hybridized carbons (Fsp3) is 0.278. The molecule has 1 aromatic carbocycles. The van der Waals surface area contributed by atoms with E-state index in [0.29, 0.717) is 17.6 Å². The summed E-state index contributed by atoms with van der Waals surface area (Å²) < 4.78 is 2.78. The van der Waals surface area contributed by atoms with Gasteiger partial charge >= 0.3 is 0 Å². The zero-order valence-corrected chi connectivity index (χ0v) is 16.5. The molecule has 2 heterocycles. The predicted molar refractivity (Wildman–Crippen MR) is 107 cm³/mol. The molecule has 1 amide bonds. The van der Waals surface area contributed by atoms with Crippen LogP contribution in [0.15, 0.2) is 29.1 Å². The van der Waals surface area contributed by atoms with E-state index >= 15 is 0 Å². The van der Waals surface area contributed by atoms with E-state index in [2.05, 4.69) is 38.0 Å². The van der Waals surface area contributed by atoms with Gasteiger partial charge in [-0.25, -0.2) is 0 Å². The molecule has 0 atom stereocenters. The molecule has 0 fully saturated rings. The number of carbonyl (C=O) groups excluding carboxylic acids is 1. The summed E-state index contributed by atoms with van der Waals surface area (Å²) in [4.78, 5) is 27.5. The molecule has 0 aliphatic rings. The van der Waals surface area contributed by atoms with Crippen molar-refractivity contribution in [3.05, 3.63) is 55.0 Å². The standard InChI is InChI=1S/C18H19IN4O2/c1-10-14(18(25)21-17-16(10)11(2)22-23(17)3)8-9-15(24)20-13-6-4-12(19)5-7-13/h4-7H,8-9H2,1-3H3,(H,20,24)(H,21,25). The number of hydrogen-bond acceptors (Lipinski definition) is 3. The summed E-state index contributed by atoms with van der Waals surface area (Å²) in [5, 5.41) is 8.17. The van der Waals surface area contributed by atoms with Gasteiger partial charge in [0.05, 0.1) is 5.69 Å². The Labute approximate surface area is 158 Å². The van der Waals surface area contributed by atoms with E-state index in [1.807, 2.05) is 38.1 Å². The van der Waals surface area contributed by atoms with E-state index in [9.17, 15) is 9.59 Å². The summed E-state index contributed by atoms with van der Waals surface area (Å²) in [6, 6.07) is 7.60. The molecule has 25 heavy (non-hydrogen) atoms. The fourth-order valence-corrected chi connectivity index (χ4v) is 3.41. The monoisotopic (exact) mass is 450 g/mol. The minimum Gasteiger partial charge on any atom is -0.326 e. The number of halogens is 1. The van der Waals surface area contributed by atoms with Crippen LogP contribution in [0.1, 0.15) is 23.2 Å². The number of nitrogens with one attached hydrogen (secondary N) is 2. The van der Waals surface area contributed by atoms with Crippen LogP contribution in [0.3, 0.4) is 0 Å². The third kappa shape index (κ3) is 3.60. The SMILES string of the molecule is Cc1nn(C)c2[nH]c(=O)c(CCC(=O)Nc3ccc(I)cc3)c(C)c12. The first-order valence-electron chi connectivity index (χ1n) is 7.97. The van der Waals surface area contributed by atoms with Gasteiger partial charge in [0.15, 0.2) is 0 Å². The molecule has 0 aliphatic carbocycles. The molecule has 0 radical (unpaired) electrons. The maximum absolute atomic E-state index is 12.4. The van der Waals surface area contributed by atoms with E-state index < -0.39 is 0 Å². The lowest BCUT2D eigenvalue weighted by Gasteiger charge is -2.08. The number of benzene rings is 1. The number of carbonyl (C=O) groups is 1. The number of nitrogens with zero attached hydrogens (tertiary/aromatic N) is 2. The smallest absolute Gasteiger partial charge is 0.253 e. The Morgan fingerprint density at radius 2 is 1.96 bits per heavy atom. The molecule has 0 unspecified atom stereocenters. The van der Waals surface area contributed by atoms with Gasteiger partial charge in [0.2, 0.25) is 5.91 Å². The van der Waals surface area contributed by atoms with Crippen molar-refractivity contribution in [1.82, 2.24) is 14.8 Å². The maximum atomic E-state index is 12.4. The largest absolute Gasteiger partial charge is 0.326 e. The molecular weight excluding hydrogens is 431 g/mol. The number of pyridine rings is 1. The summed E-state index contributed by atoms with van der Waals surface area (Å²) in [6.45, 7) is 3.83. The van der Waals surface area contributed by atoms with Crippen LogP contribution in [0.2, 0.25) is 0 Å². The van der Waals surface area contributed by atoms with Crippen molar-refractivity contribution < 1.29 is 4.79 Å². The zero-order valence-electron chi connectivity index (χ0n) is 14.3. The van der Waals surface area contributed by atoms with Crippen LogP contribution in [0.4, 0.5) is 5.69 Å². The lowest BCUT2D eigenvalue weighted by molar-refractivity contribution is -0.116. The fourth-order valence-electron chi connectivity index (χ4n) is 3.05. The zero-order chi connectivity index (χ0) is 18.1. The van der Waals surface area contributed by atoms with Crippen LogP contribution in [-0.2, 0) is 18.3 Å². The third-order valence-electron chi connectivity index (χ3n) is 4.29. The molecular formula is C18H19IN4O2. The molecule has 130 valence electrons. The van der Waals surface area contributed by atoms with Crippen molar-refractivity contribution in [3.8, 4) is 0 Å². The highest BCUT2D eigenvalue weighted by molar-refractivity contribution is 14.1. The Morgan fingerprint density at radius 3 is 2.64 bits per heavy atom. The van der Waals surface area contributed by atoms with E-state index in [0.717, 1.165) is 25.9 Å². The lowest BCUT2D eigenvalue weighted by atomic mass is 10.0. The number of aromatic amines is 1. The number of H-pyrrole nitrogens is 1. The molecule has 2 N–H and O–H groups in total. The Kier molecular flexibility index (Phi) is 4.94. The molecule has 0 spiro atoms. The van der Waals surface area contributed by atoms with E-state index in [4.69, 9.17) is 0 Å². The van der Waals surface area contributed by atoms with Gasteiger partial charge in [-0.05, 0) is 72.7 Å². The number of hydrogen-bond donors (Lipinski definition) is 2. The topological polar surface area (TPSA) is 79.8 Å². The second-order valence-electron chi connectivity index (χ2n) is 6.05. The van der Waals surface area contributed by atoms with Crippen LogP contribution in [-0.4, -0.2) is 20.7 Å². The van der Waals surface area contributed by atoms with Gasteiger partial charge in [-0.3, -0.25) is 14.3 Å². The van der Waals surface area contributed by atoms with Crippen LogP contribution in [0.5, 0.6) is 0 Å². The summed E-state index contributed by atoms with van der Waals surface area (Å²) in [6.07, 6.45) is 0.641. The Morgan fingerprint density at radius 1 is 1.28 bits per heavy atom. The number of rotatable bonds is 4. The number of aromatic nitrogens is 3. The summed E-state index contributed by atoms with van der Waals surface area (Å²) in [5.74, 6) is -0.108. The van der Waals surface area contributed by atoms with Crippen molar-refractivity contribution in [2.45, 2.75) is 26.7 Å². The predicted octanol–water partition coefficient (Wildman–Crippen LogP) is 3.05. The molecule has 3 rings (SSSR count). The number of aryl methyl sites for hydroxylation is 3. The molecule has 2 aromatic heterocycles. The first kappa shape index (κ1) is 17.7. The van der Waals surface area contributed by atoms with Crippen LogP contribution in [0.25, 0.3) is 11.0 Å². The van der Waals surface area contributed by atoms with E-state index in [1.165, 1.54) is 0 Å². The quantitative estimate of drug-likeness (QED) is 0.600. The lowest BCUT2D eigenvalue weighted by Crippen LogP contribution is -2.19. The highest BCUT2D eigenvalue weighted by Gasteiger charge is 2.15. The van der Waals surface area contributed by atoms with Gasteiger partial charge in [0.1, 0.15) is 5.65 Å².